The summed E-state index contributed by atoms with van der Waals surface area (Å²) in [6, 6.07) is 0. The molecule has 6 heteroatoms. The van der Waals surface area contributed by atoms with Crippen molar-refractivity contribution >= 4 is 64.9 Å². The molecule has 8 heavy (non-hydrogen) atoms. The van der Waals surface area contributed by atoms with Crippen LogP contribution in [0.3, 0.4) is 0 Å². The van der Waals surface area contributed by atoms with Crippen molar-refractivity contribution in [1.29, 1.82) is 0 Å². The van der Waals surface area contributed by atoms with E-state index in [4.69, 9.17) is 10.7 Å². The Kier molecular flexibility index (Phi) is 3.33. The maximum absolute atomic E-state index is 10.4. The lowest BCUT2D eigenvalue weighted by Gasteiger charge is -2.06. The van der Waals surface area contributed by atoms with Crippen LogP contribution in [0.2, 0.25) is 0 Å². The Morgan fingerprint density at radius 1 is 1.50 bits per heavy atom. The fourth-order valence-electron chi connectivity index (χ4n) is 0. The highest BCUT2D eigenvalue weighted by atomic mass is 127. The first-order valence-corrected chi connectivity index (χ1v) is 6.04. The Morgan fingerprint density at radius 3 is 1.62 bits per heavy atom. The number of alkyl halides is 2. The van der Waals surface area contributed by atoms with Crippen molar-refractivity contribution in [1.82, 2.24) is 0 Å². The van der Waals surface area contributed by atoms with Gasteiger partial charge in [-0.25, -0.2) is 8.42 Å². The molecular formula is C2H3ClI2O2S. The van der Waals surface area contributed by atoms with E-state index < -0.39 is 9.81 Å². The van der Waals surface area contributed by atoms with Gasteiger partial charge in [-0.15, -0.1) is 0 Å². The van der Waals surface area contributed by atoms with Crippen LogP contribution in [0.15, 0.2) is 0 Å². The summed E-state index contributed by atoms with van der Waals surface area (Å²) < 4.78 is 19.9. The van der Waals surface area contributed by atoms with Gasteiger partial charge in [0.15, 0.2) is 0.760 Å². The molecule has 0 unspecified atom stereocenters. The van der Waals surface area contributed by atoms with Crippen LogP contribution in [-0.4, -0.2) is 9.18 Å². The van der Waals surface area contributed by atoms with E-state index in [9.17, 15) is 8.42 Å². The van der Waals surface area contributed by atoms with Crippen LogP contribution < -0.4 is 0 Å². The standard InChI is InChI=1S/C2H3ClI2O2S/c1-2(4,5)8(3,6)7/h1H3. The van der Waals surface area contributed by atoms with Gasteiger partial charge < -0.3 is 0 Å². The molecule has 0 aliphatic heterocycles. The zero-order chi connectivity index (χ0) is 7.00. The van der Waals surface area contributed by atoms with E-state index in [0.29, 0.717) is 0 Å². The molecule has 0 atom stereocenters. The van der Waals surface area contributed by atoms with Crippen molar-refractivity contribution in [2.75, 3.05) is 0 Å². The minimum absolute atomic E-state index is 0.885. The van der Waals surface area contributed by atoms with Crippen LogP contribution >= 0.6 is 55.9 Å². The van der Waals surface area contributed by atoms with Crippen LogP contribution in [0.25, 0.3) is 0 Å². The summed E-state index contributed by atoms with van der Waals surface area (Å²) in [6.45, 7) is 1.52. The molecular weight excluding hydrogens is 377 g/mol. The summed E-state index contributed by atoms with van der Waals surface area (Å²) >= 11 is 3.50. The molecule has 0 amide bonds. The highest BCUT2D eigenvalue weighted by Gasteiger charge is 2.30. The molecule has 0 aromatic rings. The molecule has 0 fully saturated rings. The molecule has 50 valence electrons. The van der Waals surface area contributed by atoms with Crippen molar-refractivity contribution in [3.05, 3.63) is 0 Å². The summed E-state index contributed by atoms with van der Waals surface area (Å²) in [5.41, 5.74) is 0. The highest BCUT2D eigenvalue weighted by molar-refractivity contribution is 14.2. The maximum Gasteiger partial charge on any atom is 0.256 e. The molecule has 0 spiro atoms. The second kappa shape index (κ2) is 2.75. The van der Waals surface area contributed by atoms with Gasteiger partial charge in [0, 0.05) is 10.7 Å². The van der Waals surface area contributed by atoms with E-state index in [1.54, 1.807) is 45.2 Å². The van der Waals surface area contributed by atoms with Gasteiger partial charge in [0.25, 0.3) is 9.05 Å². The first-order valence-electron chi connectivity index (χ1n) is 1.57. The lowest BCUT2D eigenvalue weighted by atomic mass is 11.0. The monoisotopic (exact) mass is 380 g/mol. The average molecular weight is 380 g/mol. The number of hydrogen-bond acceptors (Lipinski definition) is 2. The molecule has 0 aromatic carbocycles. The van der Waals surface area contributed by atoms with E-state index in [1.165, 1.54) is 6.92 Å². The van der Waals surface area contributed by atoms with Crippen LogP contribution in [0.1, 0.15) is 6.92 Å². The van der Waals surface area contributed by atoms with Gasteiger partial charge >= 0.3 is 0 Å². The lowest BCUT2D eigenvalue weighted by molar-refractivity contribution is 0.608. The summed E-state index contributed by atoms with van der Waals surface area (Å²) in [5, 5.41) is 0. The second-order valence-corrected chi connectivity index (χ2v) is 12.0. The Morgan fingerprint density at radius 2 is 1.62 bits per heavy atom. The summed E-state index contributed by atoms with van der Waals surface area (Å²) in [6.07, 6.45) is 0. The maximum atomic E-state index is 10.4. The predicted octanol–water partition coefficient (Wildman–Crippen LogP) is 2.10. The summed E-state index contributed by atoms with van der Waals surface area (Å²) in [7, 11) is 1.57. The Balaban J connectivity index is 4.53. The molecule has 0 aromatic heterocycles. The molecule has 0 N–H and O–H groups in total. The van der Waals surface area contributed by atoms with Crippen molar-refractivity contribution in [2.45, 2.75) is 7.68 Å². The van der Waals surface area contributed by atoms with E-state index >= 15 is 0 Å². The van der Waals surface area contributed by atoms with Gasteiger partial charge in [-0.3, -0.25) is 0 Å². The number of hydrogen-bond donors (Lipinski definition) is 0. The molecule has 0 rings (SSSR count). The Labute approximate surface area is 80.1 Å². The van der Waals surface area contributed by atoms with Gasteiger partial charge in [-0.2, -0.15) is 0 Å². The first-order chi connectivity index (χ1) is 3.25. The molecule has 0 aliphatic carbocycles. The van der Waals surface area contributed by atoms with Crippen LogP contribution in [0.5, 0.6) is 0 Å². The second-order valence-electron chi connectivity index (χ2n) is 1.25. The molecule has 0 heterocycles. The minimum Gasteiger partial charge on any atom is -0.210 e. The topological polar surface area (TPSA) is 34.1 Å². The van der Waals surface area contributed by atoms with E-state index in [2.05, 4.69) is 0 Å². The number of rotatable bonds is 1. The Bertz CT molecular complexity index is 167. The molecule has 0 bridgehead atoms. The molecule has 0 saturated heterocycles. The Hall–Kier alpha value is 1.70. The SMILES string of the molecule is CC(I)(I)S(=O)(=O)Cl. The summed E-state index contributed by atoms with van der Waals surface area (Å²) in [4.78, 5) is 0. The first kappa shape index (κ1) is 9.70. The summed E-state index contributed by atoms with van der Waals surface area (Å²) in [5.74, 6) is 0. The normalized spacial score (nSPS) is 14.0. The number of halogens is 3. The quantitative estimate of drug-likeness (QED) is 0.397. The van der Waals surface area contributed by atoms with Gasteiger partial charge in [-0.05, 0) is 52.1 Å². The third-order valence-electron chi connectivity index (χ3n) is 0.428. The largest absolute Gasteiger partial charge is 0.256 e. The van der Waals surface area contributed by atoms with Gasteiger partial charge in [0.2, 0.25) is 0 Å². The smallest absolute Gasteiger partial charge is 0.210 e. The minimum atomic E-state index is -3.39. The van der Waals surface area contributed by atoms with Crippen molar-refractivity contribution in [3.8, 4) is 0 Å². The predicted molar refractivity (Wildman–Crippen MR) is 51.2 cm³/mol. The van der Waals surface area contributed by atoms with Crippen LogP contribution in [-0.2, 0) is 9.05 Å². The van der Waals surface area contributed by atoms with Gasteiger partial charge in [0.1, 0.15) is 0 Å². The fourth-order valence-corrected chi connectivity index (χ4v) is 0. The fraction of sp³-hybridized carbons (Fsp3) is 1.00. The highest BCUT2D eigenvalue weighted by Crippen LogP contribution is 2.35. The van der Waals surface area contributed by atoms with E-state index in [0.717, 1.165) is 0 Å². The van der Waals surface area contributed by atoms with E-state index in [-0.39, 0.29) is 0 Å². The van der Waals surface area contributed by atoms with Crippen LogP contribution in [0, 0.1) is 0 Å². The van der Waals surface area contributed by atoms with Crippen LogP contribution in [0.4, 0.5) is 0 Å². The zero-order valence-corrected chi connectivity index (χ0v) is 9.75. The van der Waals surface area contributed by atoms with Crippen molar-refractivity contribution in [2.24, 2.45) is 0 Å². The molecule has 0 saturated carbocycles. The molecule has 0 aliphatic rings. The molecule has 0 radical (unpaired) electrons. The van der Waals surface area contributed by atoms with E-state index in [1.807, 2.05) is 0 Å². The van der Waals surface area contributed by atoms with Gasteiger partial charge in [0.05, 0.1) is 0 Å². The zero-order valence-electron chi connectivity index (χ0n) is 3.86. The van der Waals surface area contributed by atoms with Gasteiger partial charge in [-0.1, -0.05) is 0 Å². The molecule has 2 nitrogen and oxygen atoms in total. The lowest BCUT2D eigenvalue weighted by Crippen LogP contribution is -2.13. The van der Waals surface area contributed by atoms with Crippen molar-refractivity contribution < 1.29 is 8.42 Å². The third-order valence-corrected chi connectivity index (χ3v) is 7.25. The third kappa shape index (κ3) is 3.02. The van der Waals surface area contributed by atoms with Crippen molar-refractivity contribution in [3.63, 3.8) is 0 Å². The average Bonchev–Trinajstić information content (AvgIpc) is 1.25.